The number of hydrogen-bond donors (Lipinski definition) is 2. The molecule has 0 atom stereocenters. The van der Waals surface area contributed by atoms with Crippen LogP contribution in [0.3, 0.4) is 0 Å². The van der Waals surface area contributed by atoms with Gasteiger partial charge in [-0.1, -0.05) is 35.9 Å². The standard InChI is InChI=1S/C15H18N4S2.C9H11NO/c1-10-5-6-14(17-7-10)18-9-20-8-13(16-4)15-11(2)19-12(3)21-15;1-8-2-4-9(5-3-8)6-10-7-11/h5-8H,4,9H2,1-3H3,(H,17,18);2-5,7H,6H2,1H3,(H,10,11)/b13-8-;. The number of anilines is 1. The second-order valence-corrected chi connectivity index (χ2v) is 9.06. The topological polar surface area (TPSA) is 79.3 Å². The van der Waals surface area contributed by atoms with Crippen molar-refractivity contribution in [2.75, 3.05) is 11.2 Å². The van der Waals surface area contributed by atoms with Crippen molar-refractivity contribution in [3.05, 3.63) is 80.3 Å². The SMILES string of the molecule is C=N/C(=C\SCNc1ccc(C)cn1)c1sc(C)nc1C.Cc1ccc(CNC=O)cc1. The van der Waals surface area contributed by atoms with Crippen LogP contribution in [-0.4, -0.2) is 29.0 Å². The van der Waals surface area contributed by atoms with Gasteiger partial charge in [0.15, 0.2) is 0 Å². The Morgan fingerprint density at radius 3 is 2.41 bits per heavy atom. The molecule has 2 aromatic heterocycles. The van der Waals surface area contributed by atoms with Gasteiger partial charge in [-0.05, 0) is 57.0 Å². The molecule has 2 heterocycles. The van der Waals surface area contributed by atoms with Gasteiger partial charge >= 0.3 is 0 Å². The van der Waals surface area contributed by atoms with Crippen molar-refractivity contribution < 1.29 is 4.79 Å². The molecule has 2 N–H and O–H groups in total. The van der Waals surface area contributed by atoms with Gasteiger partial charge < -0.3 is 10.6 Å². The summed E-state index contributed by atoms with van der Waals surface area (Å²) < 4.78 is 0. The molecule has 8 heteroatoms. The van der Waals surface area contributed by atoms with Crippen molar-refractivity contribution in [2.24, 2.45) is 4.99 Å². The molecule has 168 valence electrons. The van der Waals surface area contributed by atoms with Gasteiger partial charge in [0.1, 0.15) is 5.82 Å². The number of carbonyl (C=O) groups is 1. The van der Waals surface area contributed by atoms with Gasteiger partial charge in [0.25, 0.3) is 0 Å². The molecule has 0 unspecified atom stereocenters. The summed E-state index contributed by atoms with van der Waals surface area (Å²) in [7, 11) is 0. The van der Waals surface area contributed by atoms with Crippen LogP contribution in [0.4, 0.5) is 5.82 Å². The van der Waals surface area contributed by atoms with Gasteiger partial charge in [-0.2, -0.15) is 0 Å². The molecule has 0 aliphatic heterocycles. The lowest BCUT2D eigenvalue weighted by molar-refractivity contribution is -0.109. The van der Waals surface area contributed by atoms with Crippen LogP contribution >= 0.6 is 23.1 Å². The molecule has 0 spiro atoms. The van der Waals surface area contributed by atoms with Gasteiger partial charge in [0.2, 0.25) is 6.41 Å². The average molecular weight is 468 g/mol. The zero-order chi connectivity index (χ0) is 23.3. The first-order chi connectivity index (χ1) is 15.4. The number of nitrogens with zero attached hydrogens (tertiary/aromatic N) is 3. The maximum Gasteiger partial charge on any atom is 0.207 e. The molecule has 0 saturated heterocycles. The summed E-state index contributed by atoms with van der Waals surface area (Å²) in [5.41, 5.74) is 5.40. The smallest absolute Gasteiger partial charge is 0.207 e. The Morgan fingerprint density at radius 1 is 1.12 bits per heavy atom. The maximum absolute atomic E-state index is 9.93. The van der Waals surface area contributed by atoms with Crippen molar-refractivity contribution in [1.29, 1.82) is 0 Å². The maximum atomic E-state index is 9.93. The Bertz CT molecular complexity index is 1030. The van der Waals surface area contributed by atoms with E-state index in [4.69, 9.17) is 0 Å². The number of aryl methyl sites for hydroxylation is 4. The number of aromatic nitrogens is 2. The third-order valence-electron chi connectivity index (χ3n) is 4.26. The Balaban J connectivity index is 0.000000278. The van der Waals surface area contributed by atoms with Crippen LogP contribution in [0.5, 0.6) is 0 Å². The molecule has 3 rings (SSSR count). The number of thioether (sulfide) groups is 1. The highest BCUT2D eigenvalue weighted by atomic mass is 32.2. The number of rotatable bonds is 9. The minimum absolute atomic E-state index is 0.615. The van der Waals surface area contributed by atoms with Gasteiger partial charge in [-0.25, -0.2) is 9.97 Å². The largest absolute Gasteiger partial charge is 0.361 e. The highest BCUT2D eigenvalue weighted by molar-refractivity contribution is 8.02. The lowest BCUT2D eigenvalue weighted by atomic mass is 10.1. The van der Waals surface area contributed by atoms with Crippen LogP contribution < -0.4 is 10.6 Å². The molecule has 0 fully saturated rings. The molecule has 0 aliphatic carbocycles. The average Bonchev–Trinajstić information content (AvgIpc) is 3.13. The lowest BCUT2D eigenvalue weighted by Crippen LogP contribution is -2.09. The van der Waals surface area contributed by atoms with Gasteiger partial charge in [-0.3, -0.25) is 9.79 Å². The molecule has 0 saturated carbocycles. The number of thiazole rings is 1. The van der Waals surface area contributed by atoms with E-state index < -0.39 is 0 Å². The number of benzene rings is 1. The minimum Gasteiger partial charge on any atom is -0.361 e. The molecule has 0 radical (unpaired) electrons. The second-order valence-electron chi connectivity index (χ2n) is 7.00. The predicted molar refractivity (Wildman–Crippen MR) is 138 cm³/mol. The van der Waals surface area contributed by atoms with E-state index in [1.165, 1.54) is 5.56 Å². The van der Waals surface area contributed by atoms with Crippen LogP contribution in [0.15, 0.2) is 53.0 Å². The van der Waals surface area contributed by atoms with E-state index in [0.29, 0.717) is 13.0 Å². The number of aliphatic imine (C=N–C) groups is 1. The molecule has 0 aliphatic rings. The molecular formula is C24H29N5OS2. The van der Waals surface area contributed by atoms with E-state index in [1.54, 1.807) is 23.1 Å². The van der Waals surface area contributed by atoms with E-state index in [1.807, 2.05) is 75.7 Å². The number of nitrogens with one attached hydrogen (secondary N) is 2. The van der Waals surface area contributed by atoms with E-state index in [-0.39, 0.29) is 0 Å². The van der Waals surface area contributed by atoms with E-state index in [0.717, 1.165) is 44.1 Å². The lowest BCUT2D eigenvalue weighted by Gasteiger charge is -2.04. The van der Waals surface area contributed by atoms with Crippen molar-refractivity contribution in [3.8, 4) is 0 Å². The predicted octanol–water partition coefficient (Wildman–Crippen LogP) is 5.51. The summed E-state index contributed by atoms with van der Waals surface area (Å²) in [6.45, 7) is 12.3. The fourth-order valence-corrected chi connectivity index (χ4v) is 4.24. The fourth-order valence-electron chi connectivity index (χ4n) is 2.61. The van der Waals surface area contributed by atoms with Crippen molar-refractivity contribution >= 4 is 47.7 Å². The van der Waals surface area contributed by atoms with Gasteiger partial charge in [0, 0.05) is 12.7 Å². The van der Waals surface area contributed by atoms with Crippen LogP contribution in [0.25, 0.3) is 5.70 Å². The van der Waals surface area contributed by atoms with Gasteiger partial charge in [0.05, 0.1) is 27.2 Å². The molecule has 6 nitrogen and oxygen atoms in total. The molecule has 0 bridgehead atoms. The third-order valence-corrected chi connectivity index (χ3v) is 6.06. The molecule has 3 aromatic rings. The minimum atomic E-state index is 0.615. The number of pyridine rings is 1. The van der Waals surface area contributed by atoms with Crippen molar-refractivity contribution in [2.45, 2.75) is 34.2 Å². The summed E-state index contributed by atoms with van der Waals surface area (Å²) in [5.74, 6) is 1.60. The van der Waals surface area contributed by atoms with Crippen molar-refractivity contribution in [1.82, 2.24) is 15.3 Å². The molecular weight excluding hydrogens is 438 g/mol. The van der Waals surface area contributed by atoms with Gasteiger partial charge in [-0.15, -0.1) is 23.1 Å². The fraction of sp³-hybridized carbons (Fsp3) is 0.250. The first-order valence-electron chi connectivity index (χ1n) is 10.0. The monoisotopic (exact) mass is 467 g/mol. The number of hydrogen-bond acceptors (Lipinski definition) is 7. The second kappa shape index (κ2) is 13.4. The zero-order valence-electron chi connectivity index (χ0n) is 18.9. The van der Waals surface area contributed by atoms with Crippen LogP contribution in [-0.2, 0) is 11.3 Å². The summed E-state index contributed by atoms with van der Waals surface area (Å²) in [5, 5.41) is 8.91. The molecule has 32 heavy (non-hydrogen) atoms. The third kappa shape index (κ3) is 8.64. The number of amides is 1. The Morgan fingerprint density at radius 2 is 1.84 bits per heavy atom. The van der Waals surface area contributed by atoms with E-state index in [2.05, 4.69) is 32.3 Å². The quantitative estimate of drug-likeness (QED) is 0.188. The zero-order valence-corrected chi connectivity index (χ0v) is 20.5. The Hall–Kier alpha value is -2.97. The highest BCUT2D eigenvalue weighted by Crippen LogP contribution is 2.28. The summed E-state index contributed by atoms with van der Waals surface area (Å²) >= 11 is 3.27. The Labute approximate surface area is 198 Å². The number of carbonyl (C=O) groups excluding carboxylic acids is 1. The van der Waals surface area contributed by atoms with Crippen LogP contribution in [0.1, 0.15) is 32.3 Å². The highest BCUT2D eigenvalue weighted by Gasteiger charge is 2.08. The van der Waals surface area contributed by atoms with E-state index >= 15 is 0 Å². The van der Waals surface area contributed by atoms with E-state index in [9.17, 15) is 4.79 Å². The summed E-state index contributed by atoms with van der Waals surface area (Å²) in [6, 6.07) is 12.1. The summed E-state index contributed by atoms with van der Waals surface area (Å²) in [4.78, 5) is 23.8. The summed E-state index contributed by atoms with van der Waals surface area (Å²) in [6.07, 6.45) is 2.56. The Kier molecular flexibility index (Phi) is 10.6. The normalized spacial score (nSPS) is 10.7. The molecule has 1 amide bonds. The van der Waals surface area contributed by atoms with Crippen LogP contribution in [0.2, 0.25) is 0 Å². The first kappa shape index (κ1) is 25.3. The first-order valence-corrected chi connectivity index (χ1v) is 11.9. The van der Waals surface area contributed by atoms with Crippen molar-refractivity contribution in [3.63, 3.8) is 0 Å². The molecule has 1 aromatic carbocycles. The van der Waals surface area contributed by atoms with Crippen LogP contribution in [0, 0.1) is 27.7 Å².